The van der Waals surface area contributed by atoms with Crippen molar-refractivity contribution in [1.82, 2.24) is 25.0 Å². The number of hydrogen-bond donors (Lipinski definition) is 1. The lowest BCUT2D eigenvalue weighted by molar-refractivity contribution is 0.206. The molecule has 0 aliphatic carbocycles. The fourth-order valence-electron chi connectivity index (χ4n) is 2.65. The molecule has 0 fully saturated rings. The fraction of sp³-hybridized carbons (Fsp3) is 0.211. The van der Waals surface area contributed by atoms with E-state index in [9.17, 15) is 4.79 Å². The quantitative estimate of drug-likeness (QED) is 0.780. The van der Waals surface area contributed by atoms with E-state index in [-0.39, 0.29) is 6.03 Å². The molecule has 0 aliphatic heterocycles. The first-order chi connectivity index (χ1) is 12.1. The minimum absolute atomic E-state index is 0.133. The number of nitrogens with one attached hydrogen (secondary N) is 1. The summed E-state index contributed by atoms with van der Waals surface area (Å²) in [6, 6.07) is 13.6. The Labute approximate surface area is 147 Å². The van der Waals surface area contributed by atoms with Crippen LogP contribution in [0.2, 0.25) is 0 Å². The Morgan fingerprint density at radius 1 is 1.20 bits per heavy atom. The maximum atomic E-state index is 12.3. The van der Waals surface area contributed by atoms with E-state index < -0.39 is 0 Å². The lowest BCUT2D eigenvalue weighted by atomic mass is 10.1. The van der Waals surface area contributed by atoms with Crippen LogP contribution in [0.1, 0.15) is 11.1 Å². The Hall–Kier alpha value is -3.15. The fourth-order valence-corrected chi connectivity index (χ4v) is 2.65. The van der Waals surface area contributed by atoms with Crippen LogP contribution < -0.4 is 5.32 Å². The van der Waals surface area contributed by atoms with Crippen molar-refractivity contribution in [2.24, 2.45) is 7.05 Å². The van der Waals surface area contributed by atoms with E-state index in [0.717, 1.165) is 22.4 Å². The number of aryl methyl sites for hydroxylation is 1. The third-order valence-corrected chi connectivity index (χ3v) is 3.87. The summed E-state index contributed by atoms with van der Waals surface area (Å²) in [5.74, 6) is 0. The highest BCUT2D eigenvalue weighted by atomic mass is 16.2. The molecule has 2 amide bonds. The second kappa shape index (κ2) is 7.61. The molecular weight excluding hydrogens is 314 g/mol. The predicted molar refractivity (Wildman–Crippen MR) is 96.6 cm³/mol. The van der Waals surface area contributed by atoms with Crippen LogP contribution in [0.5, 0.6) is 0 Å². The summed E-state index contributed by atoms with van der Waals surface area (Å²) in [6.45, 7) is 0.937. The standard InChI is InChI=1S/C19H21N5O/c1-23(13-15-7-6-10-20-11-15)19(25)21-12-17-14-24(2)22-18(17)16-8-4-3-5-9-16/h3-11,14H,12-13H2,1-2H3,(H,21,25). The van der Waals surface area contributed by atoms with E-state index in [4.69, 9.17) is 0 Å². The van der Waals surface area contributed by atoms with Crippen molar-refractivity contribution in [1.29, 1.82) is 0 Å². The van der Waals surface area contributed by atoms with Crippen molar-refractivity contribution in [3.05, 3.63) is 72.2 Å². The van der Waals surface area contributed by atoms with Crippen molar-refractivity contribution >= 4 is 6.03 Å². The monoisotopic (exact) mass is 335 g/mol. The summed E-state index contributed by atoms with van der Waals surface area (Å²) in [4.78, 5) is 18.0. The zero-order chi connectivity index (χ0) is 17.6. The highest BCUT2D eigenvalue weighted by molar-refractivity contribution is 5.74. The van der Waals surface area contributed by atoms with Crippen LogP contribution in [0.25, 0.3) is 11.3 Å². The Balaban J connectivity index is 1.64. The number of benzene rings is 1. The van der Waals surface area contributed by atoms with E-state index in [2.05, 4.69) is 15.4 Å². The molecule has 0 saturated heterocycles. The van der Waals surface area contributed by atoms with Gasteiger partial charge in [0, 0.05) is 56.9 Å². The molecule has 2 heterocycles. The van der Waals surface area contributed by atoms with Gasteiger partial charge in [0.05, 0.1) is 5.69 Å². The lowest BCUT2D eigenvalue weighted by Crippen LogP contribution is -2.36. The van der Waals surface area contributed by atoms with Gasteiger partial charge in [-0.05, 0) is 11.6 Å². The lowest BCUT2D eigenvalue weighted by Gasteiger charge is -2.17. The van der Waals surface area contributed by atoms with Gasteiger partial charge in [0.25, 0.3) is 0 Å². The summed E-state index contributed by atoms with van der Waals surface area (Å²) >= 11 is 0. The van der Waals surface area contributed by atoms with Gasteiger partial charge in [-0.2, -0.15) is 5.10 Å². The first-order valence-electron chi connectivity index (χ1n) is 8.09. The van der Waals surface area contributed by atoms with Crippen LogP contribution in [0.3, 0.4) is 0 Å². The second-order valence-corrected chi connectivity index (χ2v) is 5.92. The molecule has 128 valence electrons. The number of hydrogen-bond acceptors (Lipinski definition) is 3. The zero-order valence-electron chi connectivity index (χ0n) is 14.4. The third kappa shape index (κ3) is 4.23. The average Bonchev–Trinajstić information content (AvgIpc) is 3.02. The van der Waals surface area contributed by atoms with Gasteiger partial charge in [0.1, 0.15) is 0 Å². The van der Waals surface area contributed by atoms with Crippen molar-refractivity contribution in [2.75, 3.05) is 7.05 Å². The number of carbonyl (C=O) groups excluding carboxylic acids is 1. The van der Waals surface area contributed by atoms with E-state index in [1.54, 1.807) is 29.0 Å². The molecule has 0 radical (unpaired) electrons. The van der Waals surface area contributed by atoms with Crippen LogP contribution in [0.4, 0.5) is 4.79 Å². The molecule has 0 spiro atoms. The van der Waals surface area contributed by atoms with E-state index >= 15 is 0 Å². The molecule has 6 nitrogen and oxygen atoms in total. The SMILES string of the molecule is CN(Cc1cccnc1)C(=O)NCc1cn(C)nc1-c1ccccc1. The van der Waals surface area contributed by atoms with Crippen molar-refractivity contribution < 1.29 is 4.79 Å². The molecule has 0 aliphatic rings. The molecule has 25 heavy (non-hydrogen) atoms. The second-order valence-electron chi connectivity index (χ2n) is 5.92. The molecule has 1 aromatic carbocycles. The molecule has 0 saturated carbocycles. The topological polar surface area (TPSA) is 63.1 Å². The molecule has 2 aromatic heterocycles. The molecule has 0 unspecified atom stereocenters. The van der Waals surface area contributed by atoms with Crippen molar-refractivity contribution in [3.8, 4) is 11.3 Å². The summed E-state index contributed by atoms with van der Waals surface area (Å²) < 4.78 is 1.77. The molecular formula is C19H21N5O. The third-order valence-electron chi connectivity index (χ3n) is 3.87. The molecule has 0 atom stereocenters. The Bertz CT molecular complexity index is 830. The Morgan fingerprint density at radius 3 is 2.72 bits per heavy atom. The molecule has 1 N–H and O–H groups in total. The van der Waals surface area contributed by atoms with Gasteiger partial charge in [-0.3, -0.25) is 9.67 Å². The summed E-state index contributed by atoms with van der Waals surface area (Å²) in [5, 5.41) is 7.47. The molecule has 3 rings (SSSR count). The maximum absolute atomic E-state index is 12.3. The van der Waals surface area contributed by atoms with Crippen LogP contribution in [0, 0.1) is 0 Å². The van der Waals surface area contributed by atoms with E-state index in [1.807, 2.05) is 55.7 Å². The van der Waals surface area contributed by atoms with Crippen LogP contribution in [-0.2, 0) is 20.1 Å². The van der Waals surface area contributed by atoms with Gasteiger partial charge < -0.3 is 10.2 Å². The van der Waals surface area contributed by atoms with E-state index in [0.29, 0.717) is 13.1 Å². The van der Waals surface area contributed by atoms with Gasteiger partial charge in [0.15, 0.2) is 0 Å². The van der Waals surface area contributed by atoms with Crippen molar-refractivity contribution in [3.63, 3.8) is 0 Å². The van der Waals surface area contributed by atoms with Gasteiger partial charge in [-0.25, -0.2) is 4.79 Å². The number of carbonyl (C=O) groups is 1. The highest BCUT2D eigenvalue weighted by Gasteiger charge is 2.13. The van der Waals surface area contributed by atoms with Crippen LogP contribution in [-0.4, -0.2) is 32.7 Å². The minimum Gasteiger partial charge on any atom is -0.334 e. The number of pyridine rings is 1. The van der Waals surface area contributed by atoms with Crippen LogP contribution >= 0.6 is 0 Å². The van der Waals surface area contributed by atoms with Gasteiger partial charge in [-0.1, -0.05) is 36.4 Å². The Kier molecular flexibility index (Phi) is 5.09. The number of rotatable bonds is 5. The highest BCUT2D eigenvalue weighted by Crippen LogP contribution is 2.21. The maximum Gasteiger partial charge on any atom is 0.317 e. The predicted octanol–water partition coefficient (Wildman–Crippen LogP) is 2.82. The molecule has 0 bridgehead atoms. The number of aromatic nitrogens is 3. The minimum atomic E-state index is -0.133. The molecule has 6 heteroatoms. The van der Waals surface area contributed by atoms with E-state index in [1.165, 1.54) is 0 Å². The average molecular weight is 335 g/mol. The zero-order valence-corrected chi connectivity index (χ0v) is 14.4. The first kappa shape index (κ1) is 16.7. The summed E-state index contributed by atoms with van der Waals surface area (Å²) in [5.41, 5.74) is 3.90. The van der Waals surface area contributed by atoms with Gasteiger partial charge in [-0.15, -0.1) is 0 Å². The molecule has 3 aromatic rings. The first-order valence-corrected chi connectivity index (χ1v) is 8.09. The van der Waals surface area contributed by atoms with Crippen molar-refractivity contribution in [2.45, 2.75) is 13.1 Å². The number of nitrogens with zero attached hydrogens (tertiary/aromatic N) is 4. The van der Waals surface area contributed by atoms with Gasteiger partial charge >= 0.3 is 6.03 Å². The number of urea groups is 1. The normalized spacial score (nSPS) is 10.5. The Morgan fingerprint density at radius 2 is 2.00 bits per heavy atom. The van der Waals surface area contributed by atoms with Crippen LogP contribution in [0.15, 0.2) is 61.1 Å². The number of amides is 2. The smallest absolute Gasteiger partial charge is 0.317 e. The largest absolute Gasteiger partial charge is 0.334 e. The van der Waals surface area contributed by atoms with Gasteiger partial charge in [0.2, 0.25) is 0 Å². The summed E-state index contributed by atoms with van der Waals surface area (Å²) in [7, 11) is 3.65. The summed E-state index contributed by atoms with van der Waals surface area (Å²) in [6.07, 6.45) is 5.42.